The van der Waals surface area contributed by atoms with Gasteiger partial charge in [0.05, 0.1) is 25.4 Å². The summed E-state index contributed by atoms with van der Waals surface area (Å²) in [4.78, 5) is 25.3. The van der Waals surface area contributed by atoms with Crippen molar-refractivity contribution < 1.29 is 34.0 Å². The van der Waals surface area contributed by atoms with Crippen LogP contribution in [0.15, 0.2) is 72.8 Å². The third kappa shape index (κ3) is 9.22. The number of aliphatic hydroxyl groups excluding tert-OH is 1. The van der Waals surface area contributed by atoms with Gasteiger partial charge in [-0.3, -0.25) is 14.5 Å². The molecule has 2 aliphatic rings. The topological polar surface area (TPSA) is 118 Å². The number of carbonyl (C=O) groups is 2. The molecule has 9 nitrogen and oxygen atoms in total. The Labute approximate surface area is 265 Å². The maximum absolute atomic E-state index is 12.1. The minimum Gasteiger partial charge on any atom is -0.481 e. The molecule has 0 radical (unpaired) electrons. The Kier molecular flexibility index (Phi) is 11.7. The highest BCUT2D eigenvalue weighted by Crippen LogP contribution is 2.39. The van der Waals surface area contributed by atoms with Gasteiger partial charge < -0.3 is 29.7 Å². The van der Waals surface area contributed by atoms with Crippen molar-refractivity contribution in [1.82, 2.24) is 10.2 Å². The number of aliphatic carboxylic acids is 1. The van der Waals surface area contributed by atoms with Crippen LogP contribution in [0.1, 0.15) is 73.2 Å². The van der Waals surface area contributed by atoms with Crippen molar-refractivity contribution >= 4 is 11.9 Å². The Balaban J connectivity index is 1.27. The average Bonchev–Trinajstić information content (AvgIpc) is 3.50. The fourth-order valence-corrected chi connectivity index (χ4v) is 6.19. The summed E-state index contributed by atoms with van der Waals surface area (Å²) >= 11 is 0. The zero-order chi connectivity index (χ0) is 31.6. The number of benzene rings is 3. The highest BCUT2D eigenvalue weighted by atomic mass is 16.7. The number of hydrogen-bond acceptors (Lipinski definition) is 7. The number of amides is 1. The number of nitrogens with zero attached hydrogens (tertiary/aromatic N) is 1. The molecule has 0 unspecified atom stereocenters. The van der Waals surface area contributed by atoms with Crippen LogP contribution >= 0.6 is 0 Å². The monoisotopic (exact) mass is 616 g/mol. The molecule has 2 saturated heterocycles. The van der Waals surface area contributed by atoms with Gasteiger partial charge in [0, 0.05) is 51.1 Å². The Morgan fingerprint density at radius 1 is 0.956 bits per heavy atom. The van der Waals surface area contributed by atoms with E-state index in [0.29, 0.717) is 19.0 Å². The molecular formula is C36H44N2O7. The van der Waals surface area contributed by atoms with Crippen molar-refractivity contribution in [3.05, 3.63) is 95.1 Å². The Hall–Kier alpha value is -3.60. The third-order valence-corrected chi connectivity index (χ3v) is 8.64. The number of carboxylic acid groups (broad SMARTS) is 1. The second-order valence-corrected chi connectivity index (χ2v) is 11.9. The van der Waals surface area contributed by atoms with E-state index in [9.17, 15) is 14.7 Å². The molecule has 4 atom stereocenters. The van der Waals surface area contributed by atoms with Crippen LogP contribution < -0.4 is 5.32 Å². The minimum atomic E-state index is -0.894. The smallest absolute Gasteiger partial charge is 0.303 e. The largest absolute Gasteiger partial charge is 0.481 e. The predicted molar refractivity (Wildman–Crippen MR) is 170 cm³/mol. The SMILES string of the molecule is COC[C@@H]1CCCN1C[C@H]1C[C@@H](c2ccc(CO)cc2)O[C@@H](c2ccc(-c3cccc(CNC(=O)CCCC(=O)O)c3)cc2)O1. The molecule has 0 spiro atoms. The van der Waals surface area contributed by atoms with Gasteiger partial charge in [-0.15, -0.1) is 0 Å². The van der Waals surface area contributed by atoms with Gasteiger partial charge in [0.1, 0.15) is 0 Å². The number of methoxy groups -OCH3 is 1. The summed E-state index contributed by atoms with van der Waals surface area (Å²) in [5.41, 5.74) is 5.92. The molecule has 0 aromatic heterocycles. The van der Waals surface area contributed by atoms with E-state index in [0.717, 1.165) is 72.3 Å². The first-order chi connectivity index (χ1) is 21.9. The van der Waals surface area contributed by atoms with Crippen molar-refractivity contribution in [2.75, 3.05) is 26.8 Å². The summed E-state index contributed by atoms with van der Waals surface area (Å²) in [6.07, 6.45) is 2.87. The molecule has 240 valence electrons. The molecule has 2 fully saturated rings. The van der Waals surface area contributed by atoms with E-state index >= 15 is 0 Å². The van der Waals surface area contributed by atoms with Gasteiger partial charge in [-0.25, -0.2) is 0 Å². The number of likely N-dealkylation sites (tertiary alicyclic amines) is 1. The van der Waals surface area contributed by atoms with Gasteiger partial charge in [0.15, 0.2) is 6.29 Å². The van der Waals surface area contributed by atoms with E-state index < -0.39 is 12.3 Å². The van der Waals surface area contributed by atoms with Crippen LogP contribution in [0.5, 0.6) is 0 Å². The van der Waals surface area contributed by atoms with Crippen LogP contribution in [-0.2, 0) is 37.0 Å². The molecule has 5 rings (SSSR count). The molecule has 45 heavy (non-hydrogen) atoms. The lowest BCUT2D eigenvalue weighted by atomic mass is 9.98. The minimum absolute atomic E-state index is 0.00844. The van der Waals surface area contributed by atoms with E-state index in [-0.39, 0.29) is 37.6 Å². The van der Waals surface area contributed by atoms with Crippen LogP contribution in [0, 0.1) is 0 Å². The molecule has 0 saturated carbocycles. The van der Waals surface area contributed by atoms with Crippen molar-refractivity contribution in [2.24, 2.45) is 0 Å². The summed E-state index contributed by atoms with van der Waals surface area (Å²) in [6, 6.07) is 24.6. The number of ether oxygens (including phenoxy) is 3. The first kappa shape index (κ1) is 32.8. The number of nitrogens with one attached hydrogen (secondary N) is 1. The first-order valence-electron chi connectivity index (χ1n) is 15.8. The van der Waals surface area contributed by atoms with Gasteiger partial charge in [0.25, 0.3) is 0 Å². The highest BCUT2D eigenvalue weighted by molar-refractivity contribution is 5.76. The van der Waals surface area contributed by atoms with E-state index in [4.69, 9.17) is 19.3 Å². The van der Waals surface area contributed by atoms with Gasteiger partial charge >= 0.3 is 5.97 Å². The highest BCUT2D eigenvalue weighted by Gasteiger charge is 2.35. The molecule has 2 heterocycles. The first-order valence-corrected chi connectivity index (χ1v) is 15.8. The van der Waals surface area contributed by atoms with Crippen molar-refractivity contribution in [2.45, 2.75) is 76.2 Å². The van der Waals surface area contributed by atoms with Gasteiger partial charge in [-0.1, -0.05) is 66.7 Å². The molecule has 3 aromatic carbocycles. The fourth-order valence-electron chi connectivity index (χ4n) is 6.19. The van der Waals surface area contributed by atoms with Gasteiger partial charge in [0.2, 0.25) is 5.91 Å². The zero-order valence-corrected chi connectivity index (χ0v) is 25.9. The second kappa shape index (κ2) is 16.1. The Morgan fingerprint density at radius 2 is 1.73 bits per heavy atom. The van der Waals surface area contributed by atoms with Gasteiger partial charge in [-0.05, 0) is 59.7 Å². The summed E-state index contributed by atoms with van der Waals surface area (Å²) in [5.74, 6) is -1.05. The lowest BCUT2D eigenvalue weighted by molar-refractivity contribution is -0.253. The number of carbonyl (C=O) groups excluding carboxylic acids is 1. The number of aliphatic hydroxyl groups is 1. The molecule has 2 aliphatic heterocycles. The summed E-state index contributed by atoms with van der Waals surface area (Å²) in [7, 11) is 1.76. The van der Waals surface area contributed by atoms with Gasteiger partial charge in [-0.2, -0.15) is 0 Å². The normalized spacial score (nSPS) is 21.9. The molecule has 3 aromatic rings. The maximum atomic E-state index is 12.1. The molecule has 3 N–H and O–H groups in total. The van der Waals surface area contributed by atoms with Crippen LogP contribution in [0.25, 0.3) is 11.1 Å². The lowest BCUT2D eigenvalue weighted by Gasteiger charge is -2.38. The summed E-state index contributed by atoms with van der Waals surface area (Å²) in [6.45, 7) is 2.97. The molecule has 1 amide bonds. The van der Waals surface area contributed by atoms with E-state index in [1.165, 1.54) is 0 Å². The Bertz CT molecular complexity index is 1400. The van der Waals surface area contributed by atoms with E-state index in [1.54, 1.807) is 7.11 Å². The fraction of sp³-hybridized carbons (Fsp3) is 0.444. The molecular weight excluding hydrogens is 572 g/mol. The molecule has 9 heteroatoms. The van der Waals surface area contributed by atoms with Crippen LogP contribution in [0.2, 0.25) is 0 Å². The third-order valence-electron chi connectivity index (χ3n) is 8.64. The van der Waals surface area contributed by atoms with Crippen LogP contribution in [0.4, 0.5) is 0 Å². The number of carboxylic acids is 1. The van der Waals surface area contributed by atoms with Crippen molar-refractivity contribution in [3.63, 3.8) is 0 Å². The van der Waals surface area contributed by atoms with E-state index in [2.05, 4.69) is 40.5 Å². The molecule has 0 bridgehead atoms. The quantitative estimate of drug-likeness (QED) is 0.221. The van der Waals surface area contributed by atoms with Crippen LogP contribution in [-0.4, -0.2) is 65.9 Å². The predicted octanol–water partition coefficient (Wildman–Crippen LogP) is 5.37. The summed E-state index contributed by atoms with van der Waals surface area (Å²) < 4.78 is 18.6. The maximum Gasteiger partial charge on any atom is 0.303 e. The van der Waals surface area contributed by atoms with E-state index in [1.807, 2.05) is 42.5 Å². The molecule has 0 aliphatic carbocycles. The zero-order valence-electron chi connectivity index (χ0n) is 25.9. The lowest BCUT2D eigenvalue weighted by Crippen LogP contribution is -2.42. The number of hydrogen-bond donors (Lipinski definition) is 3. The second-order valence-electron chi connectivity index (χ2n) is 11.9. The van der Waals surface area contributed by atoms with Crippen molar-refractivity contribution in [1.29, 1.82) is 0 Å². The standard InChI is InChI=1S/C36H44N2O7/c1-43-24-31-7-4-18-38(31)22-32-20-33(28-12-10-25(23-39)11-13-28)45-36(44-32)29-16-14-27(15-17-29)30-6-2-5-26(19-30)21-37-34(40)8-3-9-35(41)42/h2,5-6,10-17,19,31-33,36,39H,3-4,7-9,18,20-24H2,1H3,(H,37,40)(H,41,42)/t31-,32+,33-,36-/m0/s1. The summed E-state index contributed by atoms with van der Waals surface area (Å²) in [5, 5.41) is 21.2. The average molecular weight is 617 g/mol. The van der Waals surface area contributed by atoms with Crippen molar-refractivity contribution in [3.8, 4) is 11.1 Å². The van der Waals surface area contributed by atoms with Crippen LogP contribution in [0.3, 0.4) is 0 Å². The Morgan fingerprint density at radius 3 is 2.47 bits per heavy atom. The number of rotatable bonds is 14.